The number of ether oxygens (including phenoxy) is 1. The number of carbonyl (C=O) groups is 1. The van der Waals surface area contributed by atoms with E-state index in [0.29, 0.717) is 26.2 Å². The van der Waals surface area contributed by atoms with Gasteiger partial charge in [-0.1, -0.05) is 12.1 Å². The highest BCUT2D eigenvalue weighted by atomic mass is 16.5. The molecule has 2 rings (SSSR count). The van der Waals surface area contributed by atoms with Gasteiger partial charge in [-0.2, -0.15) is 0 Å². The second kappa shape index (κ2) is 6.54. The molecule has 1 fully saturated rings. The smallest absolute Gasteiger partial charge is 0.224 e. The van der Waals surface area contributed by atoms with Crippen molar-refractivity contribution in [2.45, 2.75) is 19.0 Å². The first-order chi connectivity index (χ1) is 9.15. The van der Waals surface area contributed by atoms with Crippen molar-refractivity contribution >= 4 is 5.91 Å². The molecule has 0 aliphatic carbocycles. The van der Waals surface area contributed by atoms with E-state index in [1.807, 2.05) is 12.1 Å². The zero-order valence-corrected chi connectivity index (χ0v) is 11.1. The number of phenols is 1. The fourth-order valence-electron chi connectivity index (χ4n) is 2.08. The van der Waals surface area contributed by atoms with Crippen LogP contribution < -0.4 is 5.32 Å². The first-order valence-corrected chi connectivity index (χ1v) is 6.48. The molecule has 1 atom stereocenters. The molecule has 1 amide bonds. The number of hydrogen-bond donors (Lipinski definition) is 2. The molecule has 1 aliphatic rings. The average Bonchev–Trinajstić information content (AvgIpc) is 2.42. The molecule has 1 heterocycles. The Kier molecular flexibility index (Phi) is 4.76. The summed E-state index contributed by atoms with van der Waals surface area (Å²) in [5, 5.41) is 12.5. The number of phenolic OH excluding ortho intramolecular Hbond substituents is 1. The van der Waals surface area contributed by atoms with Gasteiger partial charge < -0.3 is 20.1 Å². The second-order valence-electron chi connectivity index (χ2n) is 4.85. The normalized spacial score (nSPS) is 19.1. The molecule has 1 aromatic carbocycles. The Morgan fingerprint density at radius 3 is 2.84 bits per heavy atom. The van der Waals surface area contributed by atoms with Gasteiger partial charge in [0.1, 0.15) is 5.75 Å². The van der Waals surface area contributed by atoms with E-state index in [2.05, 4.69) is 5.32 Å². The van der Waals surface area contributed by atoms with Crippen LogP contribution in [0, 0.1) is 0 Å². The van der Waals surface area contributed by atoms with Crippen LogP contribution in [0.3, 0.4) is 0 Å². The number of amides is 1. The predicted octanol–water partition coefficient (Wildman–Crippen LogP) is 0.729. The lowest BCUT2D eigenvalue weighted by Crippen LogP contribution is -2.44. The third kappa shape index (κ3) is 4.22. The van der Waals surface area contributed by atoms with Gasteiger partial charge in [-0.3, -0.25) is 4.79 Å². The molecule has 0 spiro atoms. The molecule has 0 radical (unpaired) electrons. The Morgan fingerprint density at radius 1 is 1.47 bits per heavy atom. The lowest BCUT2D eigenvalue weighted by atomic mass is 10.1. The van der Waals surface area contributed by atoms with Gasteiger partial charge in [0, 0.05) is 32.6 Å². The number of benzene rings is 1. The zero-order chi connectivity index (χ0) is 13.7. The maximum absolute atomic E-state index is 12.1. The summed E-state index contributed by atoms with van der Waals surface area (Å²) in [5.41, 5.74) is 1.00. The third-order valence-electron chi connectivity index (χ3n) is 3.20. The van der Waals surface area contributed by atoms with Crippen molar-refractivity contribution in [1.82, 2.24) is 10.2 Å². The summed E-state index contributed by atoms with van der Waals surface area (Å²) in [5.74, 6) is 0.331. The summed E-state index contributed by atoms with van der Waals surface area (Å²) in [6, 6.07) is 7.01. The minimum atomic E-state index is 0.0936. The molecular weight excluding hydrogens is 244 g/mol. The van der Waals surface area contributed by atoms with E-state index in [9.17, 15) is 9.90 Å². The molecule has 1 aromatic rings. The van der Waals surface area contributed by atoms with Gasteiger partial charge in [0.2, 0.25) is 5.91 Å². The SMILES string of the molecule is CN(Cc1ccc(O)cc1)C(=O)CC1COCCN1. The monoisotopic (exact) mass is 264 g/mol. The third-order valence-corrected chi connectivity index (χ3v) is 3.20. The van der Waals surface area contributed by atoms with E-state index in [0.717, 1.165) is 12.1 Å². The van der Waals surface area contributed by atoms with Gasteiger partial charge in [-0.15, -0.1) is 0 Å². The highest BCUT2D eigenvalue weighted by Crippen LogP contribution is 2.12. The number of aromatic hydroxyl groups is 1. The van der Waals surface area contributed by atoms with Crippen LogP contribution in [0.5, 0.6) is 5.75 Å². The first-order valence-electron chi connectivity index (χ1n) is 6.48. The molecule has 5 nitrogen and oxygen atoms in total. The predicted molar refractivity (Wildman–Crippen MR) is 71.8 cm³/mol. The van der Waals surface area contributed by atoms with Crippen molar-refractivity contribution in [2.75, 3.05) is 26.8 Å². The van der Waals surface area contributed by atoms with Gasteiger partial charge in [0.15, 0.2) is 0 Å². The van der Waals surface area contributed by atoms with Crippen LogP contribution >= 0.6 is 0 Å². The minimum Gasteiger partial charge on any atom is -0.508 e. The van der Waals surface area contributed by atoms with E-state index in [1.54, 1.807) is 24.1 Å². The van der Waals surface area contributed by atoms with Crippen LogP contribution in [0.2, 0.25) is 0 Å². The van der Waals surface area contributed by atoms with Crippen LogP contribution in [0.25, 0.3) is 0 Å². The van der Waals surface area contributed by atoms with E-state index < -0.39 is 0 Å². The summed E-state index contributed by atoms with van der Waals surface area (Å²) in [6.07, 6.45) is 0.453. The fraction of sp³-hybridized carbons (Fsp3) is 0.500. The van der Waals surface area contributed by atoms with Gasteiger partial charge >= 0.3 is 0 Å². The number of morpholine rings is 1. The lowest BCUT2D eigenvalue weighted by Gasteiger charge is -2.25. The molecular formula is C14H20N2O3. The molecule has 5 heteroatoms. The topological polar surface area (TPSA) is 61.8 Å². The van der Waals surface area contributed by atoms with Crippen molar-refractivity contribution in [3.8, 4) is 5.75 Å². The summed E-state index contributed by atoms with van der Waals surface area (Å²) >= 11 is 0. The van der Waals surface area contributed by atoms with Crippen LogP contribution in [-0.2, 0) is 16.1 Å². The van der Waals surface area contributed by atoms with Crippen LogP contribution in [-0.4, -0.2) is 48.8 Å². The van der Waals surface area contributed by atoms with Crippen LogP contribution in [0.1, 0.15) is 12.0 Å². The molecule has 2 N–H and O–H groups in total. The zero-order valence-electron chi connectivity index (χ0n) is 11.1. The van der Waals surface area contributed by atoms with Crippen molar-refractivity contribution in [2.24, 2.45) is 0 Å². The van der Waals surface area contributed by atoms with Crippen molar-refractivity contribution in [3.05, 3.63) is 29.8 Å². The van der Waals surface area contributed by atoms with E-state index in [4.69, 9.17) is 4.74 Å². The lowest BCUT2D eigenvalue weighted by molar-refractivity contribution is -0.131. The van der Waals surface area contributed by atoms with E-state index >= 15 is 0 Å². The van der Waals surface area contributed by atoms with Crippen LogP contribution in [0.4, 0.5) is 0 Å². The molecule has 0 saturated carbocycles. The fourth-order valence-corrected chi connectivity index (χ4v) is 2.08. The van der Waals surface area contributed by atoms with Gasteiger partial charge in [-0.25, -0.2) is 0 Å². The molecule has 19 heavy (non-hydrogen) atoms. The molecule has 1 saturated heterocycles. The summed E-state index contributed by atoms with van der Waals surface area (Å²) < 4.78 is 5.33. The summed E-state index contributed by atoms with van der Waals surface area (Å²) in [4.78, 5) is 13.8. The number of nitrogens with zero attached hydrogens (tertiary/aromatic N) is 1. The van der Waals surface area contributed by atoms with Crippen molar-refractivity contribution in [3.63, 3.8) is 0 Å². The molecule has 1 unspecified atom stereocenters. The Morgan fingerprint density at radius 2 is 2.21 bits per heavy atom. The van der Waals surface area contributed by atoms with Crippen molar-refractivity contribution < 1.29 is 14.6 Å². The van der Waals surface area contributed by atoms with E-state index in [-0.39, 0.29) is 17.7 Å². The quantitative estimate of drug-likeness (QED) is 0.841. The Hall–Kier alpha value is -1.59. The van der Waals surface area contributed by atoms with Gasteiger partial charge in [0.25, 0.3) is 0 Å². The average molecular weight is 264 g/mol. The van der Waals surface area contributed by atoms with Gasteiger partial charge in [0.05, 0.1) is 13.2 Å². The maximum Gasteiger partial charge on any atom is 0.224 e. The van der Waals surface area contributed by atoms with Gasteiger partial charge in [-0.05, 0) is 17.7 Å². The largest absolute Gasteiger partial charge is 0.508 e. The highest BCUT2D eigenvalue weighted by molar-refractivity contribution is 5.76. The summed E-state index contributed by atoms with van der Waals surface area (Å²) in [6.45, 7) is 2.67. The van der Waals surface area contributed by atoms with Crippen molar-refractivity contribution in [1.29, 1.82) is 0 Å². The number of carbonyl (C=O) groups excluding carboxylic acids is 1. The number of hydrogen-bond acceptors (Lipinski definition) is 4. The minimum absolute atomic E-state index is 0.0936. The first kappa shape index (κ1) is 13.8. The number of rotatable bonds is 4. The molecule has 0 bridgehead atoms. The Labute approximate surface area is 113 Å². The molecule has 0 aromatic heterocycles. The molecule has 104 valence electrons. The van der Waals surface area contributed by atoms with E-state index in [1.165, 1.54) is 0 Å². The highest BCUT2D eigenvalue weighted by Gasteiger charge is 2.19. The second-order valence-corrected chi connectivity index (χ2v) is 4.85. The molecule has 1 aliphatic heterocycles. The van der Waals surface area contributed by atoms with Crippen LogP contribution in [0.15, 0.2) is 24.3 Å². The Balaban J connectivity index is 1.83. The number of nitrogens with one attached hydrogen (secondary N) is 1. The maximum atomic E-state index is 12.1. The Bertz CT molecular complexity index is 413. The summed E-state index contributed by atoms with van der Waals surface area (Å²) in [7, 11) is 1.79. The standard InChI is InChI=1S/C14H20N2O3/c1-16(9-11-2-4-13(17)5-3-11)14(18)8-12-10-19-7-6-15-12/h2-5,12,15,17H,6-10H2,1H3.